The number of nitrogens with zero attached hydrogens (tertiary/aromatic N) is 2. The Morgan fingerprint density at radius 3 is 2.86 bits per heavy atom. The van der Waals surface area contributed by atoms with Crippen LogP contribution in [0.25, 0.3) is 10.1 Å². The number of thiophene rings is 1. The molecule has 3 rings (SSSR count). The van der Waals surface area contributed by atoms with E-state index in [2.05, 4.69) is 10.4 Å². The molecule has 3 aromatic rings. The predicted molar refractivity (Wildman–Crippen MR) is 85.8 cm³/mol. The molecule has 0 aliphatic carbocycles. The van der Waals surface area contributed by atoms with Crippen molar-refractivity contribution in [2.75, 3.05) is 6.54 Å². The summed E-state index contributed by atoms with van der Waals surface area (Å²) in [7, 11) is 1.93. The van der Waals surface area contributed by atoms with Crippen LogP contribution in [0.5, 0.6) is 0 Å². The van der Waals surface area contributed by atoms with E-state index in [4.69, 9.17) is 0 Å². The maximum absolute atomic E-state index is 12.2. The molecule has 5 heteroatoms. The molecule has 0 bridgehead atoms. The molecule has 1 N–H and O–H groups in total. The van der Waals surface area contributed by atoms with Crippen LogP contribution in [0.1, 0.15) is 21.1 Å². The topological polar surface area (TPSA) is 46.9 Å². The van der Waals surface area contributed by atoms with Gasteiger partial charge < -0.3 is 5.32 Å². The molecule has 0 atom stereocenters. The van der Waals surface area contributed by atoms with Gasteiger partial charge in [-0.25, -0.2) is 0 Å². The zero-order valence-electron chi connectivity index (χ0n) is 12.1. The van der Waals surface area contributed by atoms with Gasteiger partial charge in [0.2, 0.25) is 0 Å². The second-order valence-electron chi connectivity index (χ2n) is 5.06. The summed E-state index contributed by atoms with van der Waals surface area (Å²) >= 11 is 1.53. The van der Waals surface area contributed by atoms with Gasteiger partial charge in [-0.1, -0.05) is 18.2 Å². The Balaban J connectivity index is 1.61. The van der Waals surface area contributed by atoms with Gasteiger partial charge >= 0.3 is 0 Å². The van der Waals surface area contributed by atoms with Crippen LogP contribution >= 0.6 is 11.3 Å². The second kappa shape index (κ2) is 5.69. The van der Waals surface area contributed by atoms with Crippen molar-refractivity contribution in [3.05, 3.63) is 52.7 Å². The lowest BCUT2D eigenvalue weighted by molar-refractivity contribution is 0.0958. The van der Waals surface area contributed by atoms with Crippen LogP contribution in [0.2, 0.25) is 0 Å². The Morgan fingerprint density at radius 2 is 2.14 bits per heavy atom. The number of aromatic nitrogens is 2. The first-order chi connectivity index (χ1) is 10.1. The predicted octanol–water partition coefficient (Wildman–Crippen LogP) is 2.92. The van der Waals surface area contributed by atoms with Crippen molar-refractivity contribution in [1.82, 2.24) is 15.1 Å². The maximum Gasteiger partial charge on any atom is 0.261 e. The summed E-state index contributed by atoms with van der Waals surface area (Å²) in [5, 5.41) is 8.46. The van der Waals surface area contributed by atoms with Gasteiger partial charge in [-0.2, -0.15) is 5.10 Å². The molecule has 0 saturated heterocycles. The fraction of sp³-hybridized carbons (Fsp3) is 0.250. The van der Waals surface area contributed by atoms with E-state index in [1.54, 1.807) is 0 Å². The molecule has 21 heavy (non-hydrogen) atoms. The molecule has 0 spiro atoms. The fourth-order valence-electron chi connectivity index (χ4n) is 2.24. The first-order valence-electron chi connectivity index (χ1n) is 6.90. The first kappa shape index (κ1) is 13.8. The van der Waals surface area contributed by atoms with Gasteiger partial charge in [-0.3, -0.25) is 9.48 Å². The molecule has 1 amide bonds. The summed E-state index contributed by atoms with van der Waals surface area (Å²) < 4.78 is 2.99. The monoisotopic (exact) mass is 299 g/mol. The number of benzene rings is 1. The van der Waals surface area contributed by atoms with Gasteiger partial charge in [0.05, 0.1) is 10.6 Å². The summed E-state index contributed by atoms with van der Waals surface area (Å²) in [6, 6.07) is 12.0. The van der Waals surface area contributed by atoms with Crippen molar-refractivity contribution in [3.8, 4) is 0 Å². The van der Waals surface area contributed by atoms with Crippen LogP contribution in [-0.2, 0) is 13.5 Å². The molecule has 0 aliphatic rings. The largest absolute Gasteiger partial charge is 0.351 e. The number of aryl methyl sites for hydroxylation is 2. The lowest BCUT2D eigenvalue weighted by atomic mass is 10.2. The van der Waals surface area contributed by atoms with E-state index in [1.807, 2.05) is 55.1 Å². The normalized spacial score (nSPS) is 11.0. The summed E-state index contributed by atoms with van der Waals surface area (Å²) in [6.07, 6.45) is 0.748. The van der Waals surface area contributed by atoms with Crippen LogP contribution in [0.15, 0.2) is 36.4 Å². The Bertz CT molecular complexity index is 735. The number of fused-ring (bicyclic) bond motifs is 1. The Labute approximate surface area is 127 Å². The van der Waals surface area contributed by atoms with Gasteiger partial charge in [0.15, 0.2) is 0 Å². The third kappa shape index (κ3) is 2.97. The van der Waals surface area contributed by atoms with Crippen molar-refractivity contribution < 1.29 is 4.79 Å². The number of rotatable bonds is 4. The number of hydrogen-bond donors (Lipinski definition) is 1. The van der Waals surface area contributed by atoms with Crippen LogP contribution in [0, 0.1) is 6.92 Å². The highest BCUT2D eigenvalue weighted by atomic mass is 32.1. The highest BCUT2D eigenvalue weighted by Gasteiger charge is 2.10. The Kier molecular flexibility index (Phi) is 3.75. The molecular formula is C16H17N3OS. The molecule has 4 nitrogen and oxygen atoms in total. The zero-order chi connectivity index (χ0) is 14.8. The SMILES string of the molecule is Cc1cc(CCNC(=O)c2cc3ccccc3s2)nn1C. The summed E-state index contributed by atoms with van der Waals surface area (Å²) in [4.78, 5) is 12.9. The van der Waals surface area contributed by atoms with Crippen molar-refractivity contribution in [2.24, 2.45) is 7.05 Å². The minimum Gasteiger partial charge on any atom is -0.351 e. The molecule has 108 valence electrons. The van der Waals surface area contributed by atoms with Gasteiger partial charge in [-0.05, 0) is 30.5 Å². The zero-order valence-corrected chi connectivity index (χ0v) is 12.9. The number of carbonyl (C=O) groups is 1. The Hall–Kier alpha value is -2.14. The fourth-order valence-corrected chi connectivity index (χ4v) is 3.22. The average Bonchev–Trinajstić information content (AvgIpc) is 3.03. The molecule has 0 unspecified atom stereocenters. The third-order valence-electron chi connectivity index (χ3n) is 3.48. The molecule has 0 saturated carbocycles. The van der Waals surface area contributed by atoms with E-state index in [1.165, 1.54) is 11.3 Å². The van der Waals surface area contributed by atoms with Gasteiger partial charge in [-0.15, -0.1) is 11.3 Å². The second-order valence-corrected chi connectivity index (χ2v) is 6.14. The van der Waals surface area contributed by atoms with Gasteiger partial charge in [0, 0.05) is 30.4 Å². The van der Waals surface area contributed by atoms with E-state index >= 15 is 0 Å². The number of amides is 1. The third-order valence-corrected chi connectivity index (χ3v) is 4.60. The van der Waals surface area contributed by atoms with E-state index in [9.17, 15) is 4.79 Å². The highest BCUT2D eigenvalue weighted by Crippen LogP contribution is 2.24. The smallest absolute Gasteiger partial charge is 0.261 e. The summed E-state index contributed by atoms with van der Waals surface area (Å²) in [5.74, 6) is -0.0103. The number of hydrogen-bond acceptors (Lipinski definition) is 3. The van der Waals surface area contributed by atoms with Crippen LogP contribution in [-0.4, -0.2) is 22.2 Å². The summed E-state index contributed by atoms with van der Waals surface area (Å²) in [5.41, 5.74) is 2.13. The van der Waals surface area contributed by atoms with E-state index in [-0.39, 0.29) is 5.91 Å². The minimum absolute atomic E-state index is 0.0103. The van der Waals surface area contributed by atoms with Gasteiger partial charge in [0.1, 0.15) is 0 Å². The van der Waals surface area contributed by atoms with Crippen molar-refractivity contribution >= 4 is 27.3 Å². The molecule has 2 heterocycles. The molecular weight excluding hydrogens is 282 g/mol. The van der Waals surface area contributed by atoms with Crippen molar-refractivity contribution in [1.29, 1.82) is 0 Å². The van der Waals surface area contributed by atoms with Crippen LogP contribution in [0.4, 0.5) is 0 Å². The maximum atomic E-state index is 12.2. The standard InChI is InChI=1S/C16H17N3OS/c1-11-9-13(18-19(11)2)7-8-17-16(20)15-10-12-5-3-4-6-14(12)21-15/h3-6,9-10H,7-8H2,1-2H3,(H,17,20). The van der Waals surface area contributed by atoms with Crippen LogP contribution in [0.3, 0.4) is 0 Å². The van der Waals surface area contributed by atoms with Crippen molar-refractivity contribution in [3.63, 3.8) is 0 Å². The number of nitrogens with one attached hydrogen (secondary N) is 1. The van der Waals surface area contributed by atoms with E-state index < -0.39 is 0 Å². The molecule has 2 aromatic heterocycles. The van der Waals surface area contributed by atoms with E-state index in [0.29, 0.717) is 6.54 Å². The van der Waals surface area contributed by atoms with Crippen LogP contribution < -0.4 is 5.32 Å². The van der Waals surface area contributed by atoms with Crippen molar-refractivity contribution in [2.45, 2.75) is 13.3 Å². The summed E-state index contributed by atoms with van der Waals surface area (Å²) in [6.45, 7) is 2.62. The highest BCUT2D eigenvalue weighted by molar-refractivity contribution is 7.20. The molecule has 0 aliphatic heterocycles. The first-order valence-corrected chi connectivity index (χ1v) is 7.71. The average molecular weight is 299 g/mol. The number of carbonyl (C=O) groups excluding carboxylic acids is 1. The minimum atomic E-state index is -0.0103. The quantitative estimate of drug-likeness (QED) is 0.805. The Morgan fingerprint density at radius 1 is 1.33 bits per heavy atom. The van der Waals surface area contributed by atoms with Gasteiger partial charge in [0.25, 0.3) is 5.91 Å². The lowest BCUT2D eigenvalue weighted by Crippen LogP contribution is -2.24. The molecule has 0 fully saturated rings. The molecule has 0 radical (unpaired) electrons. The lowest BCUT2D eigenvalue weighted by Gasteiger charge is -2.01. The molecule has 1 aromatic carbocycles. The van der Waals surface area contributed by atoms with E-state index in [0.717, 1.165) is 32.8 Å².